The molecule has 2 aliphatic heterocycles. The van der Waals surface area contributed by atoms with E-state index < -0.39 is 23.7 Å². The highest BCUT2D eigenvalue weighted by Gasteiger charge is 2.46. The minimum absolute atomic E-state index is 0.0273. The molecule has 38 heavy (non-hydrogen) atoms. The number of aliphatic hydroxyl groups is 1. The zero-order chi connectivity index (χ0) is 27.2. The van der Waals surface area contributed by atoms with E-state index >= 15 is 0 Å². The number of amides is 1. The Balaban J connectivity index is 1.60. The molecule has 2 N–H and O–H groups in total. The lowest BCUT2D eigenvalue weighted by molar-refractivity contribution is -0.140. The van der Waals surface area contributed by atoms with Crippen LogP contribution in [0.5, 0.6) is 5.75 Å². The first-order valence-corrected chi connectivity index (χ1v) is 12.5. The van der Waals surface area contributed by atoms with E-state index in [-0.39, 0.29) is 28.9 Å². The van der Waals surface area contributed by atoms with E-state index in [0.717, 1.165) is 16.9 Å². The van der Waals surface area contributed by atoms with Crippen molar-refractivity contribution in [2.45, 2.75) is 45.2 Å². The molecule has 3 aromatic carbocycles. The summed E-state index contributed by atoms with van der Waals surface area (Å²) in [6.45, 7) is 6.95. The van der Waals surface area contributed by atoms with Crippen LogP contribution in [0.1, 0.15) is 65.0 Å². The average Bonchev–Trinajstić information content (AvgIpc) is 3.46. The highest BCUT2D eigenvalue weighted by Crippen LogP contribution is 2.41. The number of ether oxygens (including phenoxy) is 1. The lowest BCUT2D eigenvalue weighted by atomic mass is 9.85. The van der Waals surface area contributed by atoms with Gasteiger partial charge in [0.1, 0.15) is 11.5 Å². The third-order valence-electron chi connectivity index (χ3n) is 7.15. The van der Waals surface area contributed by atoms with Crippen molar-refractivity contribution in [2.24, 2.45) is 0 Å². The zero-order valence-corrected chi connectivity index (χ0v) is 21.5. The number of carboxylic acids is 1. The minimum Gasteiger partial charge on any atom is -0.507 e. The summed E-state index contributed by atoms with van der Waals surface area (Å²) in [5.74, 6) is -2.00. The van der Waals surface area contributed by atoms with Gasteiger partial charge in [-0.05, 0) is 58.0 Å². The smallest absolute Gasteiger partial charge is 0.335 e. The van der Waals surface area contributed by atoms with Gasteiger partial charge in [0.15, 0.2) is 0 Å². The number of hydrogen-bond acceptors (Lipinski definition) is 5. The number of fused-ring (bicyclic) bond motifs is 1. The quantitative estimate of drug-likeness (QED) is 0.276. The SMILES string of the molecule is CC(C)(C)c1ccc(C2/C(=C(/O)c3ccc4c(c3)CCO4)C(=O)C(=O)N2Cc2ccc(C(=O)O)cc2)cc1. The number of aromatic carboxylic acids is 1. The van der Waals surface area contributed by atoms with Crippen molar-refractivity contribution >= 4 is 23.4 Å². The number of carbonyl (C=O) groups is 3. The molecule has 1 unspecified atom stereocenters. The predicted molar refractivity (Wildman–Crippen MR) is 142 cm³/mol. The Labute approximate surface area is 221 Å². The summed E-state index contributed by atoms with van der Waals surface area (Å²) in [7, 11) is 0. The van der Waals surface area contributed by atoms with Gasteiger partial charge in [-0.3, -0.25) is 9.59 Å². The first-order valence-electron chi connectivity index (χ1n) is 12.5. The number of carboxylic acid groups (broad SMARTS) is 1. The zero-order valence-electron chi connectivity index (χ0n) is 21.5. The fourth-order valence-electron chi connectivity index (χ4n) is 4.99. The standard InChI is InChI=1S/C31H29NO6/c1-31(2,3)23-11-8-19(9-12-23)26-25(27(33)22-10-13-24-21(16-22)14-15-38-24)28(34)29(35)32(26)17-18-4-6-20(7-5-18)30(36)37/h4-13,16,26,33H,14-15,17H2,1-3H3,(H,36,37)/b27-25-. The van der Waals surface area contributed by atoms with Crippen LogP contribution in [0, 0.1) is 0 Å². The molecule has 0 spiro atoms. The molecule has 0 saturated carbocycles. The fraction of sp³-hybridized carbons (Fsp3) is 0.258. The van der Waals surface area contributed by atoms with Gasteiger partial charge in [0.05, 0.1) is 23.8 Å². The van der Waals surface area contributed by atoms with Gasteiger partial charge in [0.25, 0.3) is 11.7 Å². The maximum absolute atomic E-state index is 13.4. The van der Waals surface area contributed by atoms with Crippen LogP contribution in [0.4, 0.5) is 0 Å². The van der Waals surface area contributed by atoms with E-state index in [1.165, 1.54) is 17.0 Å². The van der Waals surface area contributed by atoms with Crippen molar-refractivity contribution in [3.63, 3.8) is 0 Å². The normalized spacial score (nSPS) is 18.4. The Kier molecular flexibility index (Phi) is 6.31. The monoisotopic (exact) mass is 511 g/mol. The molecule has 7 nitrogen and oxygen atoms in total. The summed E-state index contributed by atoms with van der Waals surface area (Å²) in [6.07, 6.45) is 0.703. The van der Waals surface area contributed by atoms with E-state index in [0.29, 0.717) is 29.7 Å². The van der Waals surface area contributed by atoms with Crippen LogP contribution < -0.4 is 4.74 Å². The molecule has 2 aliphatic rings. The number of rotatable bonds is 5. The molecule has 0 bridgehead atoms. The number of carbonyl (C=O) groups excluding carboxylic acids is 2. The molecular formula is C31H29NO6. The predicted octanol–water partition coefficient (Wildman–Crippen LogP) is 5.24. The molecule has 2 heterocycles. The largest absolute Gasteiger partial charge is 0.507 e. The molecule has 5 rings (SSSR count). The van der Waals surface area contributed by atoms with Crippen molar-refractivity contribution in [3.05, 3.63) is 106 Å². The molecule has 0 aromatic heterocycles. The van der Waals surface area contributed by atoms with Crippen LogP contribution in [0.25, 0.3) is 5.76 Å². The molecule has 1 saturated heterocycles. The van der Waals surface area contributed by atoms with Crippen molar-refractivity contribution in [1.82, 2.24) is 4.90 Å². The Bertz CT molecular complexity index is 1460. The number of Topliss-reactive ketones (excluding diaryl/α,β-unsaturated/α-hetero) is 1. The fourth-order valence-corrected chi connectivity index (χ4v) is 4.99. The maximum Gasteiger partial charge on any atom is 0.335 e. The summed E-state index contributed by atoms with van der Waals surface area (Å²) >= 11 is 0. The van der Waals surface area contributed by atoms with Gasteiger partial charge in [-0.25, -0.2) is 4.79 Å². The summed E-state index contributed by atoms with van der Waals surface area (Å²) in [5, 5.41) is 20.6. The van der Waals surface area contributed by atoms with Crippen LogP contribution in [-0.2, 0) is 28.0 Å². The van der Waals surface area contributed by atoms with Crippen molar-refractivity contribution in [3.8, 4) is 5.75 Å². The first kappa shape index (κ1) is 25.3. The number of benzene rings is 3. The van der Waals surface area contributed by atoms with Crippen LogP contribution in [0.3, 0.4) is 0 Å². The third kappa shape index (κ3) is 4.56. The third-order valence-corrected chi connectivity index (χ3v) is 7.15. The molecule has 0 radical (unpaired) electrons. The van der Waals surface area contributed by atoms with Crippen LogP contribution >= 0.6 is 0 Å². The number of hydrogen-bond donors (Lipinski definition) is 2. The Morgan fingerprint density at radius 1 is 0.947 bits per heavy atom. The summed E-state index contributed by atoms with van der Waals surface area (Å²) < 4.78 is 5.57. The first-order chi connectivity index (χ1) is 18.0. The number of likely N-dealkylation sites (tertiary alicyclic amines) is 1. The summed E-state index contributed by atoms with van der Waals surface area (Å²) in [4.78, 5) is 39.4. The van der Waals surface area contributed by atoms with Gasteiger partial charge in [0.2, 0.25) is 0 Å². The lowest BCUT2D eigenvalue weighted by Crippen LogP contribution is -2.29. The van der Waals surface area contributed by atoms with Crippen LogP contribution in [0.2, 0.25) is 0 Å². The van der Waals surface area contributed by atoms with E-state index in [4.69, 9.17) is 4.74 Å². The number of aliphatic hydroxyl groups excluding tert-OH is 1. The van der Waals surface area contributed by atoms with Gasteiger partial charge >= 0.3 is 5.97 Å². The lowest BCUT2D eigenvalue weighted by Gasteiger charge is -2.26. The molecule has 1 amide bonds. The van der Waals surface area contributed by atoms with Crippen LogP contribution in [0.15, 0.2) is 72.3 Å². The second kappa shape index (κ2) is 9.49. The number of ketones is 1. The molecule has 3 aromatic rings. The Morgan fingerprint density at radius 3 is 2.24 bits per heavy atom. The highest BCUT2D eigenvalue weighted by molar-refractivity contribution is 6.46. The van der Waals surface area contributed by atoms with E-state index in [9.17, 15) is 24.6 Å². The van der Waals surface area contributed by atoms with Crippen molar-refractivity contribution in [2.75, 3.05) is 6.61 Å². The Morgan fingerprint density at radius 2 is 1.61 bits per heavy atom. The van der Waals surface area contributed by atoms with Crippen molar-refractivity contribution < 1.29 is 29.3 Å². The molecular weight excluding hydrogens is 482 g/mol. The van der Waals surface area contributed by atoms with Crippen molar-refractivity contribution in [1.29, 1.82) is 0 Å². The molecule has 7 heteroatoms. The summed E-state index contributed by atoms with van der Waals surface area (Å²) in [6, 6.07) is 18.4. The molecule has 1 atom stereocenters. The second-order valence-electron chi connectivity index (χ2n) is 10.7. The minimum atomic E-state index is -1.05. The number of nitrogens with zero attached hydrogens (tertiary/aromatic N) is 1. The maximum atomic E-state index is 13.4. The topological polar surface area (TPSA) is 104 Å². The highest BCUT2D eigenvalue weighted by atomic mass is 16.5. The summed E-state index contributed by atoms with van der Waals surface area (Å²) in [5.41, 5.74) is 3.93. The van der Waals surface area contributed by atoms with E-state index in [1.807, 2.05) is 24.3 Å². The van der Waals surface area contributed by atoms with Gasteiger partial charge in [-0.15, -0.1) is 0 Å². The van der Waals surface area contributed by atoms with Gasteiger partial charge in [-0.2, -0.15) is 0 Å². The molecule has 1 fully saturated rings. The van der Waals surface area contributed by atoms with Gasteiger partial charge in [-0.1, -0.05) is 57.2 Å². The Hall–Kier alpha value is -4.39. The van der Waals surface area contributed by atoms with Crippen LogP contribution in [-0.4, -0.2) is 39.4 Å². The van der Waals surface area contributed by atoms with E-state index in [1.54, 1.807) is 30.3 Å². The van der Waals surface area contributed by atoms with E-state index in [2.05, 4.69) is 20.8 Å². The van der Waals surface area contributed by atoms with Gasteiger partial charge < -0.3 is 19.8 Å². The molecule has 194 valence electrons. The molecule has 0 aliphatic carbocycles. The second-order valence-corrected chi connectivity index (χ2v) is 10.7. The average molecular weight is 512 g/mol. The van der Waals surface area contributed by atoms with Gasteiger partial charge in [0, 0.05) is 18.5 Å².